The lowest BCUT2D eigenvalue weighted by Gasteiger charge is -2.05. The van der Waals surface area contributed by atoms with Crippen LogP contribution < -0.4 is 5.32 Å². The maximum atomic E-state index is 12.1. The number of carbonyl (C=O) groups excluding carboxylic acids is 1. The zero-order valence-electron chi connectivity index (χ0n) is 13.7. The molecule has 0 atom stereocenters. The van der Waals surface area contributed by atoms with Crippen LogP contribution in [0.3, 0.4) is 0 Å². The molecule has 126 valence electrons. The molecule has 0 saturated heterocycles. The van der Waals surface area contributed by atoms with Gasteiger partial charge in [-0.3, -0.25) is 4.79 Å². The van der Waals surface area contributed by atoms with Gasteiger partial charge in [0.25, 0.3) is 0 Å². The highest BCUT2D eigenvalue weighted by atomic mass is 32.2. The molecule has 0 aliphatic carbocycles. The lowest BCUT2D eigenvalue weighted by atomic mass is 10.2. The molecule has 8 heteroatoms. The lowest BCUT2D eigenvalue weighted by molar-refractivity contribution is -0.113. The number of nitriles is 1. The summed E-state index contributed by atoms with van der Waals surface area (Å²) in [6, 6.07) is 10.7. The van der Waals surface area contributed by atoms with Crippen molar-refractivity contribution in [3.63, 3.8) is 0 Å². The maximum absolute atomic E-state index is 12.1. The molecule has 0 spiro atoms. The fraction of sp³-hybridized carbons (Fsp3) is 0.176. The molecule has 1 N–H and O–H groups in total. The molecule has 0 radical (unpaired) electrons. The summed E-state index contributed by atoms with van der Waals surface area (Å²) in [5.41, 5.74) is 1.97. The van der Waals surface area contributed by atoms with E-state index in [1.54, 1.807) is 30.5 Å². The third-order valence-corrected chi connectivity index (χ3v) is 4.56. The molecular weight excluding hydrogens is 338 g/mol. The summed E-state index contributed by atoms with van der Waals surface area (Å²) >= 11 is 1.29. The number of nitrogens with one attached hydrogen (secondary N) is 1. The SMILES string of the molecule is Cc1occc1-c1nnc(SCC(=O)Nc2cccc(C#N)c2)n1C. The van der Waals surface area contributed by atoms with Crippen LogP contribution in [0.1, 0.15) is 11.3 Å². The van der Waals surface area contributed by atoms with Crippen molar-refractivity contribution in [3.05, 3.63) is 47.9 Å². The monoisotopic (exact) mass is 353 g/mol. The van der Waals surface area contributed by atoms with Gasteiger partial charge in [0.05, 0.1) is 29.2 Å². The minimum absolute atomic E-state index is 0.177. The van der Waals surface area contributed by atoms with E-state index < -0.39 is 0 Å². The number of benzene rings is 1. The Labute approximate surface area is 148 Å². The molecular formula is C17H15N5O2S. The van der Waals surface area contributed by atoms with E-state index >= 15 is 0 Å². The number of anilines is 1. The Kier molecular flexibility index (Phi) is 4.86. The van der Waals surface area contributed by atoms with Gasteiger partial charge >= 0.3 is 0 Å². The van der Waals surface area contributed by atoms with Crippen molar-refractivity contribution in [2.24, 2.45) is 7.05 Å². The second-order valence-corrected chi connectivity index (χ2v) is 6.23. The zero-order valence-corrected chi connectivity index (χ0v) is 14.5. The predicted molar refractivity (Wildman–Crippen MR) is 94.0 cm³/mol. The lowest BCUT2D eigenvalue weighted by Crippen LogP contribution is -2.14. The minimum atomic E-state index is -0.177. The van der Waals surface area contributed by atoms with Crippen LogP contribution in [0, 0.1) is 18.3 Å². The molecule has 0 unspecified atom stereocenters. The van der Waals surface area contributed by atoms with Crippen LogP contribution in [0.4, 0.5) is 5.69 Å². The first-order valence-electron chi connectivity index (χ1n) is 7.45. The number of carbonyl (C=O) groups is 1. The molecule has 3 rings (SSSR count). The normalized spacial score (nSPS) is 10.4. The second-order valence-electron chi connectivity index (χ2n) is 5.29. The number of thioether (sulfide) groups is 1. The predicted octanol–water partition coefficient (Wildman–Crippen LogP) is 2.99. The summed E-state index contributed by atoms with van der Waals surface area (Å²) in [6.07, 6.45) is 1.61. The van der Waals surface area contributed by atoms with Crippen molar-refractivity contribution in [1.29, 1.82) is 5.26 Å². The van der Waals surface area contributed by atoms with Gasteiger partial charge in [0.1, 0.15) is 5.76 Å². The molecule has 7 nitrogen and oxygen atoms in total. The number of rotatable bonds is 5. The molecule has 2 aromatic heterocycles. The Morgan fingerprint density at radius 1 is 1.40 bits per heavy atom. The van der Waals surface area contributed by atoms with Crippen LogP contribution in [0.25, 0.3) is 11.4 Å². The molecule has 1 amide bonds. The smallest absolute Gasteiger partial charge is 0.234 e. The van der Waals surface area contributed by atoms with Crippen molar-refractivity contribution in [2.75, 3.05) is 11.1 Å². The molecule has 3 aromatic rings. The van der Waals surface area contributed by atoms with Crippen LogP contribution in [-0.4, -0.2) is 26.4 Å². The molecule has 2 heterocycles. The third-order valence-electron chi connectivity index (χ3n) is 3.54. The number of nitrogens with zero attached hydrogens (tertiary/aromatic N) is 4. The Balaban J connectivity index is 1.64. The molecule has 1 aromatic carbocycles. The van der Waals surface area contributed by atoms with Gasteiger partial charge in [0.2, 0.25) is 5.91 Å². The Morgan fingerprint density at radius 2 is 2.24 bits per heavy atom. The first kappa shape index (κ1) is 16.8. The standard InChI is InChI=1S/C17H15N5O2S/c1-11-14(6-7-24-11)16-20-21-17(22(16)2)25-10-15(23)19-13-5-3-4-12(8-13)9-18/h3-8H,10H2,1-2H3,(H,19,23). The number of hydrogen-bond acceptors (Lipinski definition) is 6. The number of hydrogen-bond donors (Lipinski definition) is 1. The summed E-state index contributed by atoms with van der Waals surface area (Å²) in [7, 11) is 1.85. The van der Waals surface area contributed by atoms with Crippen LogP contribution in [0.15, 0.2) is 46.2 Å². The van der Waals surface area contributed by atoms with Gasteiger partial charge in [-0.1, -0.05) is 17.8 Å². The second kappa shape index (κ2) is 7.23. The van der Waals surface area contributed by atoms with Gasteiger partial charge in [0.15, 0.2) is 11.0 Å². The van der Waals surface area contributed by atoms with Crippen LogP contribution in [0.5, 0.6) is 0 Å². The van der Waals surface area contributed by atoms with E-state index in [2.05, 4.69) is 15.5 Å². The average Bonchev–Trinajstić information content (AvgIpc) is 3.18. The van der Waals surface area contributed by atoms with Crippen molar-refractivity contribution < 1.29 is 9.21 Å². The van der Waals surface area contributed by atoms with E-state index in [9.17, 15) is 4.79 Å². The molecule has 0 aliphatic heterocycles. The molecule has 25 heavy (non-hydrogen) atoms. The zero-order chi connectivity index (χ0) is 17.8. The highest BCUT2D eigenvalue weighted by molar-refractivity contribution is 7.99. The Hall–Kier alpha value is -3.05. The first-order valence-corrected chi connectivity index (χ1v) is 8.43. The number of aromatic nitrogens is 3. The van der Waals surface area contributed by atoms with E-state index in [0.29, 0.717) is 22.2 Å². The van der Waals surface area contributed by atoms with Crippen LogP contribution >= 0.6 is 11.8 Å². The summed E-state index contributed by atoms with van der Waals surface area (Å²) in [5, 5.41) is 20.6. The van der Waals surface area contributed by atoms with Crippen molar-refractivity contribution in [2.45, 2.75) is 12.1 Å². The van der Waals surface area contributed by atoms with Gasteiger partial charge in [-0.2, -0.15) is 5.26 Å². The van der Waals surface area contributed by atoms with Gasteiger partial charge in [0, 0.05) is 12.7 Å². The molecule has 0 aliphatic rings. The van der Waals surface area contributed by atoms with Crippen molar-refractivity contribution >= 4 is 23.4 Å². The van der Waals surface area contributed by atoms with E-state index in [1.807, 2.05) is 30.7 Å². The summed E-state index contributed by atoms with van der Waals surface area (Å²) in [6.45, 7) is 1.86. The van der Waals surface area contributed by atoms with E-state index in [1.165, 1.54) is 11.8 Å². The largest absolute Gasteiger partial charge is 0.469 e. The van der Waals surface area contributed by atoms with Gasteiger partial charge in [-0.05, 0) is 31.2 Å². The first-order chi connectivity index (χ1) is 12.1. The van der Waals surface area contributed by atoms with Crippen molar-refractivity contribution in [1.82, 2.24) is 14.8 Å². The molecule has 0 saturated carbocycles. The highest BCUT2D eigenvalue weighted by Gasteiger charge is 2.15. The topological polar surface area (TPSA) is 96.7 Å². The summed E-state index contributed by atoms with van der Waals surface area (Å²) in [5.74, 6) is 1.47. The fourth-order valence-corrected chi connectivity index (χ4v) is 3.00. The van der Waals surface area contributed by atoms with Gasteiger partial charge in [-0.15, -0.1) is 10.2 Å². The highest BCUT2D eigenvalue weighted by Crippen LogP contribution is 2.25. The number of aryl methyl sites for hydroxylation is 1. The maximum Gasteiger partial charge on any atom is 0.234 e. The van der Waals surface area contributed by atoms with E-state index in [4.69, 9.17) is 9.68 Å². The number of furan rings is 1. The van der Waals surface area contributed by atoms with E-state index in [0.717, 1.165) is 11.3 Å². The molecule has 0 bridgehead atoms. The Morgan fingerprint density at radius 3 is 2.96 bits per heavy atom. The average molecular weight is 353 g/mol. The summed E-state index contributed by atoms with van der Waals surface area (Å²) < 4.78 is 7.12. The fourth-order valence-electron chi connectivity index (χ4n) is 2.29. The summed E-state index contributed by atoms with van der Waals surface area (Å²) in [4.78, 5) is 12.1. The van der Waals surface area contributed by atoms with Gasteiger partial charge < -0.3 is 14.3 Å². The Bertz CT molecular complexity index is 954. The van der Waals surface area contributed by atoms with Gasteiger partial charge in [-0.25, -0.2) is 0 Å². The molecule has 0 fully saturated rings. The number of amides is 1. The minimum Gasteiger partial charge on any atom is -0.469 e. The van der Waals surface area contributed by atoms with Crippen LogP contribution in [-0.2, 0) is 11.8 Å². The van der Waals surface area contributed by atoms with Crippen molar-refractivity contribution in [3.8, 4) is 17.5 Å². The third kappa shape index (κ3) is 3.72. The quantitative estimate of drug-likeness (QED) is 0.708. The van der Waals surface area contributed by atoms with Crippen LogP contribution in [0.2, 0.25) is 0 Å². The van der Waals surface area contributed by atoms with E-state index in [-0.39, 0.29) is 11.7 Å².